The molecule has 0 radical (unpaired) electrons. The second-order valence-corrected chi connectivity index (χ2v) is 9.13. The highest BCUT2D eigenvalue weighted by Crippen LogP contribution is 2.39. The molecular weight excluding hydrogens is 447 g/mol. The van der Waals surface area contributed by atoms with Crippen molar-refractivity contribution in [2.24, 2.45) is 5.92 Å². The van der Waals surface area contributed by atoms with E-state index in [4.69, 9.17) is 0 Å². The summed E-state index contributed by atoms with van der Waals surface area (Å²) in [7, 11) is 1.40. The van der Waals surface area contributed by atoms with E-state index < -0.39 is 23.9 Å². The van der Waals surface area contributed by atoms with Crippen LogP contribution in [0.4, 0.5) is 23.9 Å². The number of carbonyl (C=O) groups excluding carboxylic acids is 2. The first kappa shape index (κ1) is 22.6. The monoisotopic (exact) mass is 470 g/mol. The summed E-state index contributed by atoms with van der Waals surface area (Å²) in [5.41, 5.74) is -1.04. The highest BCUT2D eigenvalue weighted by molar-refractivity contribution is 7.17. The standard InChI is InChI=1S/C20H24F3N5O3S/c1-10(11-3-4-11)28(19(30)31)12-5-7-27(8-6-12)18-25-14-13(17(29)24-2)9-32-15(14)16(26-18)20(21,22)23/h9-12H,3-8H2,1-2H3,(H,24,29)(H,30,31)/p-1/t10-/m0/s1. The van der Waals surface area contributed by atoms with Crippen LogP contribution in [0.1, 0.15) is 48.7 Å². The fourth-order valence-corrected chi connectivity index (χ4v) is 5.33. The first-order chi connectivity index (χ1) is 15.1. The van der Waals surface area contributed by atoms with Gasteiger partial charge in [-0.05, 0) is 38.5 Å². The number of carboxylic acid groups (broad SMARTS) is 1. The summed E-state index contributed by atoms with van der Waals surface area (Å²) in [5.74, 6) is -0.291. The molecule has 174 valence electrons. The Morgan fingerprint density at radius 1 is 1.25 bits per heavy atom. The van der Waals surface area contributed by atoms with Gasteiger partial charge < -0.3 is 25.0 Å². The van der Waals surface area contributed by atoms with Crippen molar-refractivity contribution in [1.82, 2.24) is 20.2 Å². The largest absolute Gasteiger partial charge is 0.530 e. The summed E-state index contributed by atoms with van der Waals surface area (Å²) in [6.45, 7) is 2.48. The predicted octanol–water partition coefficient (Wildman–Crippen LogP) is 2.48. The molecule has 2 aliphatic rings. The van der Waals surface area contributed by atoms with Gasteiger partial charge in [0.25, 0.3) is 5.91 Å². The van der Waals surface area contributed by atoms with Gasteiger partial charge in [0.15, 0.2) is 5.69 Å². The van der Waals surface area contributed by atoms with Gasteiger partial charge in [-0.3, -0.25) is 4.79 Å². The minimum atomic E-state index is -4.70. The summed E-state index contributed by atoms with van der Waals surface area (Å²) < 4.78 is 40.9. The number of fused-ring (bicyclic) bond motifs is 1. The molecule has 2 aromatic rings. The molecule has 3 heterocycles. The fourth-order valence-electron chi connectivity index (χ4n) is 4.33. The van der Waals surface area contributed by atoms with Crippen molar-refractivity contribution in [2.75, 3.05) is 25.0 Å². The second kappa shape index (κ2) is 8.38. The Kier molecular flexibility index (Phi) is 5.91. The molecule has 12 heteroatoms. The van der Waals surface area contributed by atoms with Gasteiger partial charge in [-0.25, -0.2) is 9.97 Å². The number of amides is 2. The first-order valence-electron chi connectivity index (χ1n) is 10.4. The number of aromatic nitrogens is 2. The lowest BCUT2D eigenvalue weighted by molar-refractivity contribution is -0.271. The number of rotatable bonds is 5. The SMILES string of the molecule is CNC(=O)c1csc2c(C(F)(F)F)nc(N3CCC(N(C(=O)[O-])[C@@H](C)C4CC4)CC3)nc12. The number of nitrogens with one attached hydrogen (secondary N) is 1. The van der Waals surface area contributed by atoms with Crippen molar-refractivity contribution < 1.29 is 27.9 Å². The Bertz CT molecular complexity index is 1030. The van der Waals surface area contributed by atoms with Gasteiger partial charge in [-0.2, -0.15) is 13.2 Å². The van der Waals surface area contributed by atoms with Crippen molar-refractivity contribution in [3.05, 3.63) is 16.6 Å². The van der Waals surface area contributed by atoms with E-state index in [0.717, 1.165) is 24.2 Å². The lowest BCUT2D eigenvalue weighted by Gasteiger charge is -2.43. The maximum Gasteiger partial charge on any atom is 0.434 e. The number of carbonyl (C=O) groups is 2. The summed E-state index contributed by atoms with van der Waals surface area (Å²) in [4.78, 5) is 35.0. The van der Waals surface area contributed by atoms with Crippen LogP contribution in [0.15, 0.2) is 5.38 Å². The third-order valence-electron chi connectivity index (χ3n) is 6.24. The Morgan fingerprint density at radius 2 is 1.91 bits per heavy atom. The smallest absolute Gasteiger partial charge is 0.434 e. The van der Waals surface area contributed by atoms with E-state index in [-0.39, 0.29) is 33.8 Å². The molecule has 0 bridgehead atoms. The molecule has 1 atom stereocenters. The normalized spacial score (nSPS) is 18.6. The van der Waals surface area contributed by atoms with Crippen LogP contribution in [0.3, 0.4) is 0 Å². The number of anilines is 1. The molecule has 32 heavy (non-hydrogen) atoms. The number of alkyl halides is 3. The molecule has 1 aliphatic carbocycles. The van der Waals surface area contributed by atoms with Crippen LogP contribution in [0, 0.1) is 5.92 Å². The second-order valence-electron chi connectivity index (χ2n) is 8.25. The Balaban J connectivity index is 1.61. The maximum atomic E-state index is 13.7. The topological polar surface area (TPSA) is 101 Å². The molecule has 4 rings (SSSR count). The number of halogens is 3. The van der Waals surface area contributed by atoms with Crippen LogP contribution in [0.2, 0.25) is 0 Å². The van der Waals surface area contributed by atoms with Crippen LogP contribution >= 0.6 is 11.3 Å². The van der Waals surface area contributed by atoms with Crippen LogP contribution < -0.4 is 15.3 Å². The lowest BCUT2D eigenvalue weighted by Crippen LogP contribution is -2.55. The third-order valence-corrected chi connectivity index (χ3v) is 7.21. The van der Waals surface area contributed by atoms with Crippen LogP contribution in [-0.2, 0) is 6.18 Å². The molecule has 0 spiro atoms. The van der Waals surface area contributed by atoms with Gasteiger partial charge in [0.05, 0.1) is 10.3 Å². The zero-order valence-corrected chi connectivity index (χ0v) is 18.4. The summed E-state index contributed by atoms with van der Waals surface area (Å²) >= 11 is 0.783. The van der Waals surface area contributed by atoms with Crippen molar-refractivity contribution in [3.63, 3.8) is 0 Å². The third kappa shape index (κ3) is 4.19. The Morgan fingerprint density at radius 3 is 2.44 bits per heavy atom. The molecule has 1 saturated carbocycles. The Labute approximate surface area is 186 Å². The van der Waals surface area contributed by atoms with Gasteiger partial charge in [-0.15, -0.1) is 11.3 Å². The van der Waals surface area contributed by atoms with Crippen molar-refractivity contribution >= 4 is 39.5 Å². The molecule has 2 fully saturated rings. The van der Waals surface area contributed by atoms with E-state index >= 15 is 0 Å². The van der Waals surface area contributed by atoms with Crippen LogP contribution in [0.25, 0.3) is 10.2 Å². The zero-order valence-electron chi connectivity index (χ0n) is 17.6. The van der Waals surface area contributed by atoms with Crippen LogP contribution in [0.5, 0.6) is 0 Å². The minimum Gasteiger partial charge on any atom is -0.530 e. The van der Waals surface area contributed by atoms with E-state index in [0.29, 0.717) is 31.8 Å². The first-order valence-corrected chi connectivity index (χ1v) is 11.3. The molecule has 1 aliphatic heterocycles. The minimum absolute atomic E-state index is 0.0347. The summed E-state index contributed by atoms with van der Waals surface area (Å²) in [5, 5.41) is 15.5. The molecule has 0 unspecified atom stereocenters. The number of piperidine rings is 1. The maximum absolute atomic E-state index is 13.7. The van der Waals surface area contributed by atoms with Gasteiger partial charge >= 0.3 is 6.18 Å². The van der Waals surface area contributed by atoms with Crippen LogP contribution in [-0.4, -0.2) is 59.1 Å². The van der Waals surface area contributed by atoms with Crippen molar-refractivity contribution in [1.29, 1.82) is 0 Å². The van der Waals surface area contributed by atoms with Gasteiger partial charge in [0.1, 0.15) is 11.6 Å². The van der Waals surface area contributed by atoms with Crippen molar-refractivity contribution in [2.45, 2.75) is 50.9 Å². The molecule has 1 N–H and O–H groups in total. The molecule has 2 amide bonds. The van der Waals surface area contributed by atoms with E-state index in [1.54, 1.807) is 4.90 Å². The molecule has 0 aromatic carbocycles. The lowest BCUT2D eigenvalue weighted by atomic mass is 10.0. The highest BCUT2D eigenvalue weighted by Gasteiger charge is 2.39. The van der Waals surface area contributed by atoms with Gasteiger partial charge in [0, 0.05) is 37.6 Å². The molecular formula is C20H23F3N5O3S-. The molecule has 2 aromatic heterocycles. The van der Waals surface area contributed by atoms with E-state index in [2.05, 4.69) is 15.3 Å². The molecule has 1 saturated heterocycles. The van der Waals surface area contributed by atoms with E-state index in [1.165, 1.54) is 17.3 Å². The number of thiophene rings is 1. The van der Waals surface area contributed by atoms with Crippen molar-refractivity contribution in [3.8, 4) is 0 Å². The number of hydrogen-bond donors (Lipinski definition) is 1. The quantitative estimate of drug-likeness (QED) is 0.721. The number of hydrogen-bond acceptors (Lipinski definition) is 7. The number of nitrogens with zero attached hydrogens (tertiary/aromatic N) is 4. The van der Waals surface area contributed by atoms with E-state index in [9.17, 15) is 27.9 Å². The average Bonchev–Trinajstić information content (AvgIpc) is 3.51. The van der Waals surface area contributed by atoms with Gasteiger partial charge in [-0.1, -0.05) is 0 Å². The zero-order chi connectivity index (χ0) is 23.2. The summed E-state index contributed by atoms with van der Waals surface area (Å²) in [6.07, 6.45) is -3.07. The molecule has 8 nitrogen and oxygen atoms in total. The summed E-state index contributed by atoms with van der Waals surface area (Å²) in [6, 6.07) is -0.401. The fraction of sp³-hybridized carbons (Fsp3) is 0.600. The van der Waals surface area contributed by atoms with Gasteiger partial charge in [0.2, 0.25) is 5.95 Å². The highest BCUT2D eigenvalue weighted by atomic mass is 32.1. The van der Waals surface area contributed by atoms with E-state index in [1.807, 2.05) is 6.92 Å². The average molecular weight is 470 g/mol. The Hall–Kier alpha value is -2.63. The predicted molar refractivity (Wildman–Crippen MR) is 110 cm³/mol.